The summed E-state index contributed by atoms with van der Waals surface area (Å²) in [5, 5.41) is 12.5. The number of allylic oxidation sites excluding steroid dienone is 3. The molecular weight excluding hydrogens is 358 g/mol. The molecule has 3 aliphatic rings. The van der Waals surface area contributed by atoms with E-state index in [0.717, 1.165) is 17.6 Å². The number of hydrogen-bond acceptors (Lipinski definition) is 5. The Hall–Kier alpha value is -2.18. The molecule has 5 atom stereocenters. The Morgan fingerprint density at radius 2 is 2.07 bits per heavy atom. The summed E-state index contributed by atoms with van der Waals surface area (Å²) in [7, 11) is 0. The van der Waals surface area contributed by atoms with Crippen molar-refractivity contribution in [1.82, 2.24) is 5.32 Å². The molecule has 6 heteroatoms. The van der Waals surface area contributed by atoms with Crippen LogP contribution in [0.5, 0.6) is 0 Å². The van der Waals surface area contributed by atoms with Crippen LogP contribution < -0.4 is 5.32 Å². The van der Waals surface area contributed by atoms with Crippen LogP contribution in [0, 0.1) is 11.8 Å². The van der Waals surface area contributed by atoms with Crippen molar-refractivity contribution in [1.29, 1.82) is 0 Å². The molecule has 2 fully saturated rings. The van der Waals surface area contributed by atoms with Crippen molar-refractivity contribution >= 4 is 11.7 Å². The summed E-state index contributed by atoms with van der Waals surface area (Å²) in [5.74, 6) is -1.54. The zero-order valence-electron chi connectivity index (χ0n) is 17.1. The van der Waals surface area contributed by atoms with E-state index in [2.05, 4.69) is 31.3 Å². The maximum Gasteiger partial charge on any atom is 0.259 e. The molecule has 2 saturated heterocycles. The third kappa shape index (κ3) is 3.84. The summed E-state index contributed by atoms with van der Waals surface area (Å²) >= 11 is 0. The van der Waals surface area contributed by atoms with Crippen LogP contribution in [-0.2, 0) is 19.1 Å². The molecule has 0 spiro atoms. The maximum absolute atomic E-state index is 11.7. The van der Waals surface area contributed by atoms with Crippen molar-refractivity contribution in [3.63, 3.8) is 0 Å². The van der Waals surface area contributed by atoms with Gasteiger partial charge in [-0.1, -0.05) is 37.6 Å². The molecule has 28 heavy (non-hydrogen) atoms. The molecule has 0 radical (unpaired) electrons. The smallest absolute Gasteiger partial charge is 0.259 e. The van der Waals surface area contributed by atoms with Gasteiger partial charge in [-0.2, -0.15) is 0 Å². The van der Waals surface area contributed by atoms with E-state index >= 15 is 0 Å². The molecule has 0 aromatic heterocycles. The van der Waals surface area contributed by atoms with E-state index in [9.17, 15) is 14.7 Å². The first-order chi connectivity index (χ1) is 13.1. The van der Waals surface area contributed by atoms with Gasteiger partial charge in [-0.05, 0) is 38.8 Å². The van der Waals surface area contributed by atoms with Crippen LogP contribution in [0.25, 0.3) is 0 Å². The minimum atomic E-state index is -0.676. The van der Waals surface area contributed by atoms with Gasteiger partial charge in [0.15, 0.2) is 11.6 Å². The number of nitrogens with one attached hydrogen (secondary N) is 1. The third-order valence-electron chi connectivity index (χ3n) is 5.93. The third-order valence-corrected chi connectivity index (χ3v) is 5.93. The summed E-state index contributed by atoms with van der Waals surface area (Å²) in [6.07, 6.45) is 8.42. The molecule has 1 amide bonds. The maximum atomic E-state index is 11.7. The van der Waals surface area contributed by atoms with Crippen molar-refractivity contribution < 1.29 is 24.2 Å². The van der Waals surface area contributed by atoms with Gasteiger partial charge in [-0.3, -0.25) is 9.59 Å². The first kappa shape index (κ1) is 20.6. The average Bonchev–Trinajstić information content (AvgIpc) is 2.97. The zero-order chi connectivity index (χ0) is 20.6. The van der Waals surface area contributed by atoms with Crippen LogP contribution in [0.2, 0.25) is 0 Å². The molecular formula is C22H29NO5. The first-order valence-corrected chi connectivity index (χ1v) is 9.76. The van der Waals surface area contributed by atoms with Crippen molar-refractivity contribution in [2.75, 3.05) is 6.54 Å². The molecule has 0 aliphatic carbocycles. The molecule has 3 aliphatic heterocycles. The van der Waals surface area contributed by atoms with Crippen LogP contribution in [0.15, 0.2) is 46.8 Å². The summed E-state index contributed by atoms with van der Waals surface area (Å²) in [5.41, 5.74) is 1.83. The first-order valence-electron chi connectivity index (χ1n) is 9.76. The Balaban J connectivity index is 1.74. The van der Waals surface area contributed by atoms with Crippen molar-refractivity contribution in [3.05, 3.63) is 46.8 Å². The number of ether oxygens (including phenoxy) is 2. The van der Waals surface area contributed by atoms with Gasteiger partial charge in [0.05, 0.1) is 18.8 Å². The second-order valence-corrected chi connectivity index (χ2v) is 8.14. The molecule has 0 saturated carbocycles. The molecule has 2 N–H and O–H groups in total. The van der Waals surface area contributed by atoms with Gasteiger partial charge >= 0.3 is 0 Å². The van der Waals surface area contributed by atoms with Gasteiger partial charge in [0.25, 0.3) is 5.91 Å². The van der Waals surface area contributed by atoms with Crippen molar-refractivity contribution in [2.24, 2.45) is 11.8 Å². The largest absolute Gasteiger partial charge is 0.507 e. The molecule has 0 aromatic carbocycles. The van der Waals surface area contributed by atoms with Crippen LogP contribution >= 0.6 is 0 Å². The Bertz CT molecular complexity index is 788. The fourth-order valence-corrected chi connectivity index (χ4v) is 4.10. The molecule has 3 heterocycles. The minimum Gasteiger partial charge on any atom is -0.507 e. The minimum absolute atomic E-state index is 0.00453. The number of carbonyl (C=O) groups excluding carboxylic acids is 2. The number of aliphatic hydroxyl groups is 1. The van der Waals surface area contributed by atoms with Gasteiger partial charge in [0, 0.05) is 11.8 Å². The fourth-order valence-electron chi connectivity index (χ4n) is 4.10. The molecule has 2 bridgehead atoms. The lowest BCUT2D eigenvalue weighted by molar-refractivity contribution is -0.318. The predicted molar refractivity (Wildman–Crippen MR) is 105 cm³/mol. The lowest BCUT2D eigenvalue weighted by Crippen LogP contribution is -2.55. The van der Waals surface area contributed by atoms with E-state index in [1.54, 1.807) is 6.08 Å². The molecule has 1 unspecified atom stereocenters. The van der Waals surface area contributed by atoms with Crippen LogP contribution in [0.4, 0.5) is 0 Å². The number of fused-ring (bicyclic) bond motifs is 2. The molecule has 3 rings (SSSR count). The average molecular weight is 387 g/mol. The second kappa shape index (κ2) is 7.68. The van der Waals surface area contributed by atoms with E-state index in [1.807, 2.05) is 20.8 Å². The van der Waals surface area contributed by atoms with E-state index in [1.165, 1.54) is 6.08 Å². The van der Waals surface area contributed by atoms with E-state index in [-0.39, 0.29) is 41.9 Å². The fraction of sp³-hybridized carbons (Fsp3) is 0.545. The summed E-state index contributed by atoms with van der Waals surface area (Å²) < 4.78 is 12.5. The summed E-state index contributed by atoms with van der Waals surface area (Å²) in [6, 6.07) is 0. The highest BCUT2D eigenvalue weighted by Crippen LogP contribution is 2.43. The number of rotatable bonds is 4. The number of aliphatic hydroxyl groups excluding tert-OH is 1. The summed E-state index contributed by atoms with van der Waals surface area (Å²) in [6.45, 7) is 10.1. The predicted octanol–water partition coefficient (Wildman–Crippen LogP) is 3.12. The van der Waals surface area contributed by atoms with Crippen LogP contribution in [0.3, 0.4) is 0 Å². The van der Waals surface area contributed by atoms with E-state index in [4.69, 9.17) is 9.47 Å². The van der Waals surface area contributed by atoms with Gasteiger partial charge in [0.1, 0.15) is 11.3 Å². The normalized spacial score (nSPS) is 36.4. The molecule has 152 valence electrons. The van der Waals surface area contributed by atoms with Crippen LogP contribution in [-0.4, -0.2) is 41.3 Å². The monoisotopic (exact) mass is 387 g/mol. The highest BCUT2D eigenvalue weighted by atomic mass is 16.7. The van der Waals surface area contributed by atoms with E-state index < -0.39 is 17.5 Å². The second-order valence-electron chi connectivity index (χ2n) is 8.14. The molecule has 0 aromatic rings. The highest BCUT2D eigenvalue weighted by molar-refractivity contribution is 6.25. The van der Waals surface area contributed by atoms with E-state index in [0.29, 0.717) is 0 Å². The van der Waals surface area contributed by atoms with Crippen molar-refractivity contribution in [3.8, 4) is 0 Å². The van der Waals surface area contributed by atoms with Gasteiger partial charge < -0.3 is 19.9 Å². The Morgan fingerprint density at radius 1 is 1.36 bits per heavy atom. The Labute approximate surface area is 166 Å². The van der Waals surface area contributed by atoms with Gasteiger partial charge in [-0.15, -0.1) is 0 Å². The number of carbonyl (C=O) groups is 2. The lowest BCUT2D eigenvalue weighted by atomic mass is 9.82. The SMILES string of the molecule is CC1=CCC2O[C@]1(C)O[C@H]([C@H](C)/C=C(C)/C=C/C(O)=C1/C(=O)CNC1=O)[C@@H]2C. The standard InChI is InChI=1S/C22H29NO5/c1-12(6-8-16(24)19-17(25)11-23-21(19)26)10-13(2)20-15(4)18-9-7-14(3)22(5,27-18)28-20/h6-8,10,13,15,18,20,24H,9,11H2,1-5H3,(H,23,26)/b8-6+,12-10+,19-16+/t13-,15-,18?,20-,22-/m1/s1. The number of ketones is 1. The summed E-state index contributed by atoms with van der Waals surface area (Å²) in [4.78, 5) is 23.3. The Morgan fingerprint density at radius 3 is 2.71 bits per heavy atom. The van der Waals surface area contributed by atoms with Crippen LogP contribution in [0.1, 0.15) is 41.0 Å². The highest BCUT2D eigenvalue weighted by Gasteiger charge is 2.47. The van der Waals surface area contributed by atoms with Crippen molar-refractivity contribution in [2.45, 2.75) is 59.0 Å². The lowest BCUT2D eigenvalue weighted by Gasteiger charge is -2.50. The van der Waals surface area contributed by atoms with Gasteiger partial charge in [-0.25, -0.2) is 0 Å². The topological polar surface area (TPSA) is 84.9 Å². The zero-order valence-corrected chi connectivity index (χ0v) is 17.1. The number of hydrogen-bond donors (Lipinski definition) is 2. The number of amides is 1. The molecule has 6 nitrogen and oxygen atoms in total. The Kier molecular flexibility index (Phi) is 5.64. The van der Waals surface area contributed by atoms with Gasteiger partial charge in [0.2, 0.25) is 0 Å². The quantitative estimate of drug-likeness (QED) is 0.255. The number of Topliss-reactive ketones (excluding diaryl/α,β-unsaturated/α-hetero) is 1.